The monoisotopic (exact) mass is 289 g/mol. The highest BCUT2D eigenvalue weighted by Crippen LogP contribution is 2.20. The maximum Gasteiger partial charge on any atom is 0.254 e. The molecule has 4 heteroatoms. The molecule has 1 fully saturated rings. The number of hydrogen-bond donors (Lipinski definition) is 1. The van der Waals surface area contributed by atoms with Crippen LogP contribution in [-0.4, -0.2) is 34.9 Å². The fourth-order valence-electron chi connectivity index (χ4n) is 2.91. The van der Waals surface area contributed by atoms with Gasteiger partial charge in [0.25, 0.3) is 5.91 Å². The molecule has 0 radical (unpaired) electrons. The van der Waals surface area contributed by atoms with E-state index in [1.54, 1.807) is 0 Å². The summed E-state index contributed by atoms with van der Waals surface area (Å²) in [5.41, 5.74) is 1.74. The molecule has 0 spiro atoms. The predicted octanol–water partition coefficient (Wildman–Crippen LogP) is 3.48. The highest BCUT2D eigenvalue weighted by Gasteiger charge is 2.23. The van der Waals surface area contributed by atoms with E-state index in [1.165, 1.54) is 12.8 Å². The van der Waals surface area contributed by atoms with E-state index in [1.807, 2.05) is 24.0 Å². The molecule has 0 saturated carbocycles. The van der Waals surface area contributed by atoms with Crippen LogP contribution in [-0.2, 0) is 6.42 Å². The fourth-order valence-corrected chi connectivity index (χ4v) is 2.91. The Hall–Kier alpha value is -1.58. The molecular weight excluding hydrogens is 262 g/mol. The van der Waals surface area contributed by atoms with Crippen LogP contribution in [0.25, 0.3) is 0 Å². The normalized spacial score (nSPS) is 19.2. The summed E-state index contributed by atoms with van der Waals surface area (Å²) >= 11 is 0. The molecule has 1 aliphatic heterocycles. The summed E-state index contributed by atoms with van der Waals surface area (Å²) < 4.78 is 0. The minimum absolute atomic E-state index is 0.153. The van der Waals surface area contributed by atoms with E-state index in [0.717, 1.165) is 49.4 Å². The van der Waals surface area contributed by atoms with Crippen molar-refractivity contribution in [2.24, 2.45) is 0 Å². The van der Waals surface area contributed by atoms with Crippen molar-refractivity contribution in [1.82, 2.24) is 9.88 Å². The van der Waals surface area contributed by atoms with Gasteiger partial charge < -0.3 is 10.2 Å². The first-order chi connectivity index (χ1) is 10.2. The molecule has 0 bridgehead atoms. The summed E-state index contributed by atoms with van der Waals surface area (Å²) in [5, 5.41) is 3.22. The molecule has 1 amide bonds. The Morgan fingerprint density at radius 2 is 2.14 bits per heavy atom. The zero-order chi connectivity index (χ0) is 15.2. The van der Waals surface area contributed by atoms with E-state index < -0.39 is 0 Å². The number of hydrogen-bond acceptors (Lipinski definition) is 3. The molecule has 2 heterocycles. The molecular formula is C17H27N3O. The van der Waals surface area contributed by atoms with Crippen molar-refractivity contribution in [1.29, 1.82) is 0 Å². The van der Waals surface area contributed by atoms with E-state index in [0.29, 0.717) is 6.04 Å². The third kappa shape index (κ3) is 3.96. The van der Waals surface area contributed by atoms with Gasteiger partial charge in [0.1, 0.15) is 5.82 Å². The third-order valence-electron chi connectivity index (χ3n) is 4.16. The Morgan fingerprint density at radius 1 is 1.33 bits per heavy atom. The lowest BCUT2D eigenvalue weighted by atomic mass is 10.1. The Balaban J connectivity index is 2.26. The van der Waals surface area contributed by atoms with E-state index >= 15 is 0 Å². The van der Waals surface area contributed by atoms with Gasteiger partial charge in [-0.2, -0.15) is 0 Å². The van der Waals surface area contributed by atoms with Gasteiger partial charge in [-0.05, 0) is 45.2 Å². The van der Waals surface area contributed by atoms with Crippen molar-refractivity contribution in [3.8, 4) is 0 Å². The second kappa shape index (κ2) is 7.43. The fraction of sp³-hybridized carbons (Fsp3) is 0.647. The van der Waals surface area contributed by atoms with Gasteiger partial charge in [-0.25, -0.2) is 4.98 Å². The Morgan fingerprint density at radius 3 is 2.86 bits per heavy atom. The highest BCUT2D eigenvalue weighted by molar-refractivity contribution is 5.95. The van der Waals surface area contributed by atoms with Crippen molar-refractivity contribution in [2.45, 2.75) is 58.9 Å². The number of pyridine rings is 1. The van der Waals surface area contributed by atoms with Gasteiger partial charge in [0.2, 0.25) is 0 Å². The first kappa shape index (κ1) is 15.8. The van der Waals surface area contributed by atoms with Gasteiger partial charge in [-0.3, -0.25) is 4.79 Å². The SMILES string of the molecule is CCNc1cc(C(=O)N2CCCCCC2C)cc(CC)n1. The predicted molar refractivity (Wildman–Crippen MR) is 86.7 cm³/mol. The molecule has 116 valence electrons. The van der Waals surface area contributed by atoms with Crippen LogP contribution in [0, 0.1) is 0 Å². The molecule has 1 N–H and O–H groups in total. The van der Waals surface area contributed by atoms with Gasteiger partial charge in [-0.1, -0.05) is 19.8 Å². The zero-order valence-corrected chi connectivity index (χ0v) is 13.5. The molecule has 1 aliphatic rings. The second-order valence-electron chi connectivity index (χ2n) is 5.81. The Labute approximate surface area is 127 Å². The van der Waals surface area contributed by atoms with Crippen LogP contribution >= 0.6 is 0 Å². The minimum Gasteiger partial charge on any atom is -0.370 e. The van der Waals surface area contributed by atoms with Crippen molar-refractivity contribution >= 4 is 11.7 Å². The number of nitrogens with one attached hydrogen (secondary N) is 1. The van der Waals surface area contributed by atoms with Crippen molar-refractivity contribution in [3.05, 3.63) is 23.4 Å². The molecule has 4 nitrogen and oxygen atoms in total. The topological polar surface area (TPSA) is 45.2 Å². The van der Waals surface area contributed by atoms with Gasteiger partial charge in [0, 0.05) is 30.4 Å². The maximum atomic E-state index is 12.9. The standard InChI is InChI=1S/C17H27N3O/c1-4-15-11-14(12-16(19-15)18-5-2)17(21)20-10-8-6-7-9-13(20)3/h11-13H,4-10H2,1-3H3,(H,18,19). The summed E-state index contributed by atoms with van der Waals surface area (Å²) in [4.78, 5) is 19.4. The smallest absolute Gasteiger partial charge is 0.254 e. The molecule has 1 atom stereocenters. The third-order valence-corrected chi connectivity index (χ3v) is 4.16. The van der Waals surface area contributed by atoms with Gasteiger partial charge >= 0.3 is 0 Å². The van der Waals surface area contributed by atoms with Gasteiger partial charge in [-0.15, -0.1) is 0 Å². The van der Waals surface area contributed by atoms with Gasteiger partial charge in [0.05, 0.1) is 0 Å². The number of likely N-dealkylation sites (tertiary alicyclic amines) is 1. The maximum absolute atomic E-state index is 12.9. The van der Waals surface area contributed by atoms with E-state index in [2.05, 4.69) is 24.1 Å². The molecule has 0 aliphatic carbocycles. The zero-order valence-electron chi connectivity index (χ0n) is 13.5. The van der Waals surface area contributed by atoms with Gasteiger partial charge in [0.15, 0.2) is 0 Å². The molecule has 1 saturated heterocycles. The van der Waals surface area contributed by atoms with Crippen LogP contribution in [0.4, 0.5) is 5.82 Å². The average Bonchev–Trinajstić information content (AvgIpc) is 2.71. The van der Waals surface area contributed by atoms with Crippen LogP contribution in [0.2, 0.25) is 0 Å². The lowest BCUT2D eigenvalue weighted by molar-refractivity contribution is 0.0697. The van der Waals surface area contributed by atoms with Crippen molar-refractivity contribution in [3.63, 3.8) is 0 Å². The first-order valence-corrected chi connectivity index (χ1v) is 8.21. The van der Waals surface area contributed by atoms with Crippen LogP contribution in [0.5, 0.6) is 0 Å². The van der Waals surface area contributed by atoms with E-state index in [4.69, 9.17) is 0 Å². The summed E-state index contributed by atoms with van der Waals surface area (Å²) in [5.74, 6) is 0.961. The Bertz CT molecular complexity index is 487. The number of amides is 1. The van der Waals surface area contributed by atoms with E-state index in [-0.39, 0.29) is 5.91 Å². The highest BCUT2D eigenvalue weighted by atomic mass is 16.2. The molecule has 1 unspecified atom stereocenters. The van der Waals surface area contributed by atoms with Crippen LogP contribution in [0.15, 0.2) is 12.1 Å². The quantitative estimate of drug-likeness (QED) is 0.923. The molecule has 21 heavy (non-hydrogen) atoms. The van der Waals surface area contributed by atoms with Crippen LogP contribution < -0.4 is 5.32 Å². The molecule has 1 aromatic rings. The summed E-state index contributed by atoms with van der Waals surface area (Å²) in [6, 6.07) is 4.17. The number of aryl methyl sites for hydroxylation is 1. The lowest BCUT2D eigenvalue weighted by Crippen LogP contribution is -2.38. The summed E-state index contributed by atoms with van der Waals surface area (Å²) in [6.07, 6.45) is 5.52. The number of rotatable bonds is 4. The number of nitrogens with zero attached hydrogens (tertiary/aromatic N) is 2. The number of carbonyl (C=O) groups excluding carboxylic acids is 1. The Kier molecular flexibility index (Phi) is 5.59. The van der Waals surface area contributed by atoms with Crippen LogP contribution in [0.1, 0.15) is 62.5 Å². The molecule has 2 rings (SSSR count). The largest absolute Gasteiger partial charge is 0.370 e. The first-order valence-electron chi connectivity index (χ1n) is 8.21. The lowest BCUT2D eigenvalue weighted by Gasteiger charge is -2.27. The number of carbonyl (C=O) groups is 1. The molecule has 1 aromatic heterocycles. The van der Waals surface area contributed by atoms with Crippen molar-refractivity contribution in [2.75, 3.05) is 18.4 Å². The van der Waals surface area contributed by atoms with Crippen molar-refractivity contribution < 1.29 is 4.79 Å². The number of anilines is 1. The van der Waals surface area contributed by atoms with Crippen LogP contribution in [0.3, 0.4) is 0 Å². The summed E-state index contributed by atoms with van der Waals surface area (Å²) in [7, 11) is 0. The van der Waals surface area contributed by atoms with E-state index in [9.17, 15) is 4.79 Å². The second-order valence-corrected chi connectivity index (χ2v) is 5.81. The average molecular weight is 289 g/mol. The minimum atomic E-state index is 0.153. The summed E-state index contributed by atoms with van der Waals surface area (Å²) in [6.45, 7) is 7.96. The number of aromatic nitrogens is 1. The molecule has 0 aromatic carbocycles.